The lowest BCUT2D eigenvalue weighted by Crippen LogP contribution is -2.44. The molecule has 0 bridgehead atoms. The molecule has 2 aromatic heterocycles. The van der Waals surface area contributed by atoms with Gasteiger partial charge in [0.05, 0.1) is 24.4 Å². The number of urea groups is 1. The highest BCUT2D eigenvalue weighted by atomic mass is 19.4. The third kappa shape index (κ3) is 6.97. The van der Waals surface area contributed by atoms with Gasteiger partial charge in [0.1, 0.15) is 5.82 Å². The Labute approximate surface area is 234 Å². The van der Waals surface area contributed by atoms with Crippen LogP contribution in [-0.4, -0.2) is 77.3 Å². The predicted octanol–water partition coefficient (Wildman–Crippen LogP) is 3.05. The van der Waals surface area contributed by atoms with Gasteiger partial charge in [0.25, 0.3) is 0 Å². The van der Waals surface area contributed by atoms with E-state index in [1.807, 2.05) is 18.0 Å². The van der Waals surface area contributed by atoms with Crippen molar-refractivity contribution in [2.75, 3.05) is 52.2 Å². The Balaban J connectivity index is 1.24. The van der Waals surface area contributed by atoms with E-state index in [2.05, 4.69) is 42.8 Å². The summed E-state index contributed by atoms with van der Waals surface area (Å²) in [4.78, 5) is 21.2. The summed E-state index contributed by atoms with van der Waals surface area (Å²) in [6, 6.07) is 4.89. The van der Waals surface area contributed by atoms with Crippen LogP contribution in [0.2, 0.25) is 0 Å². The molecule has 1 fully saturated rings. The van der Waals surface area contributed by atoms with E-state index in [4.69, 9.17) is 4.74 Å². The molecular formula is C28H29F3N8O2. The first-order valence-corrected chi connectivity index (χ1v) is 12.9. The SMILES string of the molecule is COc1ccn2ncc(C#CC3=CCNC(NC(=O)Nc4ccc(CN5CCN(C)CC5)c(C(F)(F)F)c4)=C3)c2n1. The molecule has 1 saturated heterocycles. The van der Waals surface area contributed by atoms with E-state index in [1.54, 1.807) is 29.1 Å². The molecule has 5 rings (SSSR count). The highest BCUT2D eigenvalue weighted by Crippen LogP contribution is 2.34. The average molecular weight is 567 g/mol. The van der Waals surface area contributed by atoms with Crippen molar-refractivity contribution in [1.29, 1.82) is 0 Å². The number of aromatic nitrogens is 3. The number of methoxy groups -OCH3 is 1. The number of nitrogens with zero attached hydrogens (tertiary/aromatic N) is 5. The summed E-state index contributed by atoms with van der Waals surface area (Å²) in [6.45, 7) is 3.60. The van der Waals surface area contributed by atoms with E-state index < -0.39 is 17.8 Å². The second-order valence-electron chi connectivity index (χ2n) is 9.67. The van der Waals surface area contributed by atoms with Crippen LogP contribution in [0.3, 0.4) is 0 Å². The summed E-state index contributed by atoms with van der Waals surface area (Å²) in [7, 11) is 3.52. The molecule has 0 unspecified atom stereocenters. The van der Waals surface area contributed by atoms with Gasteiger partial charge in [0.2, 0.25) is 5.88 Å². The number of carbonyl (C=O) groups is 1. The van der Waals surface area contributed by atoms with Gasteiger partial charge in [-0.15, -0.1) is 0 Å². The standard InChI is InChI=1S/C28H29F3N8O2/c1-37-11-13-38(14-12-37)18-21-5-6-22(16-23(21)28(29,30)31)34-27(40)35-24-15-19(7-9-32-24)3-4-20-17-33-39-10-8-25(41-2)36-26(20)39/h5-8,10,15-17,32H,9,11-14,18H2,1-2H3,(H2,34,35,40). The quantitative estimate of drug-likeness (QED) is 0.409. The van der Waals surface area contributed by atoms with E-state index in [1.165, 1.54) is 19.2 Å². The highest BCUT2D eigenvalue weighted by Gasteiger charge is 2.34. The number of hydrogen-bond acceptors (Lipinski definition) is 7. The number of nitrogens with one attached hydrogen (secondary N) is 3. The fraction of sp³-hybridized carbons (Fsp3) is 0.321. The molecule has 2 aliphatic heterocycles. The van der Waals surface area contributed by atoms with Gasteiger partial charge in [-0.25, -0.2) is 9.31 Å². The summed E-state index contributed by atoms with van der Waals surface area (Å²) in [6.07, 6.45) is 2.23. The van der Waals surface area contributed by atoms with Crippen LogP contribution in [0.4, 0.5) is 23.7 Å². The number of carbonyl (C=O) groups excluding carboxylic acids is 1. The van der Waals surface area contributed by atoms with Crippen molar-refractivity contribution < 1.29 is 22.7 Å². The number of dihydropyridines is 1. The first-order valence-electron chi connectivity index (χ1n) is 12.9. The van der Waals surface area contributed by atoms with E-state index >= 15 is 0 Å². The normalized spacial score (nSPS) is 16.2. The Bertz CT molecular complexity index is 1560. The van der Waals surface area contributed by atoms with Crippen molar-refractivity contribution in [2.24, 2.45) is 0 Å². The predicted molar refractivity (Wildman–Crippen MR) is 147 cm³/mol. The second kappa shape index (κ2) is 11.9. The number of hydrogen-bond donors (Lipinski definition) is 3. The van der Waals surface area contributed by atoms with Crippen LogP contribution in [0.1, 0.15) is 16.7 Å². The fourth-order valence-electron chi connectivity index (χ4n) is 4.49. The van der Waals surface area contributed by atoms with Crippen LogP contribution in [-0.2, 0) is 12.7 Å². The number of likely N-dealkylation sites (N-methyl/N-ethyl adjacent to an activating group) is 1. The minimum atomic E-state index is -4.55. The van der Waals surface area contributed by atoms with Gasteiger partial charge in [-0.05, 0) is 36.9 Å². The van der Waals surface area contributed by atoms with Gasteiger partial charge in [-0.2, -0.15) is 23.3 Å². The molecule has 2 aliphatic rings. The number of ether oxygens (including phenoxy) is 1. The molecule has 0 radical (unpaired) electrons. The molecule has 0 aliphatic carbocycles. The number of alkyl halides is 3. The molecule has 0 saturated carbocycles. The Morgan fingerprint density at radius 3 is 2.71 bits per heavy atom. The minimum absolute atomic E-state index is 0.0416. The Kier molecular flexibility index (Phi) is 8.14. The van der Waals surface area contributed by atoms with Crippen molar-refractivity contribution in [1.82, 2.24) is 35.0 Å². The zero-order valence-corrected chi connectivity index (χ0v) is 22.5. The summed E-state index contributed by atoms with van der Waals surface area (Å²) < 4.78 is 48.4. The highest BCUT2D eigenvalue weighted by molar-refractivity contribution is 5.90. The van der Waals surface area contributed by atoms with E-state index in [-0.39, 0.29) is 17.8 Å². The van der Waals surface area contributed by atoms with Crippen molar-refractivity contribution in [2.45, 2.75) is 12.7 Å². The molecule has 0 spiro atoms. The first kappa shape index (κ1) is 28.0. The van der Waals surface area contributed by atoms with Crippen LogP contribution >= 0.6 is 0 Å². The number of allylic oxidation sites excluding steroid dienone is 2. The lowest BCUT2D eigenvalue weighted by molar-refractivity contribution is -0.138. The number of fused-ring (bicyclic) bond motifs is 1. The van der Waals surface area contributed by atoms with E-state index in [9.17, 15) is 18.0 Å². The third-order valence-electron chi connectivity index (χ3n) is 6.72. The van der Waals surface area contributed by atoms with Crippen molar-refractivity contribution in [3.05, 3.63) is 76.9 Å². The van der Waals surface area contributed by atoms with Crippen LogP contribution in [0.15, 0.2) is 60.2 Å². The molecule has 4 heterocycles. The van der Waals surface area contributed by atoms with Crippen molar-refractivity contribution >= 4 is 17.4 Å². The molecule has 2 amide bonds. The maximum atomic E-state index is 13.9. The van der Waals surface area contributed by atoms with Crippen molar-refractivity contribution in [3.63, 3.8) is 0 Å². The topological polar surface area (TPSA) is 99.1 Å². The average Bonchev–Trinajstić information content (AvgIpc) is 3.35. The lowest BCUT2D eigenvalue weighted by atomic mass is 10.0. The monoisotopic (exact) mass is 566 g/mol. The molecule has 1 aromatic carbocycles. The number of piperazine rings is 1. The molecule has 3 aromatic rings. The fourth-order valence-corrected chi connectivity index (χ4v) is 4.49. The maximum Gasteiger partial charge on any atom is 0.416 e. The van der Waals surface area contributed by atoms with Gasteiger partial charge < -0.3 is 20.3 Å². The summed E-state index contributed by atoms with van der Waals surface area (Å²) >= 11 is 0. The number of halogens is 3. The summed E-state index contributed by atoms with van der Waals surface area (Å²) in [5.41, 5.74) is 1.23. The van der Waals surface area contributed by atoms with Gasteiger partial charge in [-0.3, -0.25) is 10.2 Å². The molecule has 13 heteroatoms. The lowest BCUT2D eigenvalue weighted by Gasteiger charge is -2.33. The van der Waals surface area contributed by atoms with Gasteiger partial charge in [-0.1, -0.05) is 17.9 Å². The third-order valence-corrected chi connectivity index (χ3v) is 6.72. The van der Waals surface area contributed by atoms with Gasteiger partial charge in [0.15, 0.2) is 5.65 Å². The number of anilines is 1. The second-order valence-corrected chi connectivity index (χ2v) is 9.67. The van der Waals surface area contributed by atoms with Gasteiger partial charge >= 0.3 is 12.2 Å². The van der Waals surface area contributed by atoms with Crippen LogP contribution < -0.4 is 20.7 Å². The Morgan fingerprint density at radius 1 is 1.15 bits per heavy atom. The molecule has 3 N–H and O–H groups in total. The summed E-state index contributed by atoms with van der Waals surface area (Å²) in [5, 5.41) is 12.4. The Morgan fingerprint density at radius 2 is 1.95 bits per heavy atom. The molecular weight excluding hydrogens is 537 g/mol. The number of benzene rings is 1. The minimum Gasteiger partial charge on any atom is -0.481 e. The van der Waals surface area contributed by atoms with Crippen LogP contribution in [0, 0.1) is 11.8 Å². The number of amides is 2. The molecule has 10 nitrogen and oxygen atoms in total. The zero-order chi connectivity index (χ0) is 29.0. The van der Waals surface area contributed by atoms with Gasteiger partial charge in [0, 0.05) is 62.8 Å². The summed E-state index contributed by atoms with van der Waals surface area (Å²) in [5.74, 6) is 6.85. The smallest absolute Gasteiger partial charge is 0.416 e. The van der Waals surface area contributed by atoms with E-state index in [0.29, 0.717) is 48.1 Å². The number of rotatable bonds is 5. The Hall–Kier alpha value is -4.54. The van der Waals surface area contributed by atoms with Crippen molar-refractivity contribution in [3.8, 4) is 17.7 Å². The molecule has 41 heavy (non-hydrogen) atoms. The molecule has 214 valence electrons. The zero-order valence-electron chi connectivity index (χ0n) is 22.5. The van der Waals surface area contributed by atoms with Crippen LogP contribution in [0.5, 0.6) is 5.88 Å². The first-order chi connectivity index (χ1) is 19.7. The van der Waals surface area contributed by atoms with E-state index in [0.717, 1.165) is 19.2 Å². The maximum absolute atomic E-state index is 13.9. The van der Waals surface area contributed by atoms with Crippen LogP contribution in [0.25, 0.3) is 5.65 Å². The largest absolute Gasteiger partial charge is 0.481 e. The molecule has 0 atom stereocenters.